The second-order valence-corrected chi connectivity index (χ2v) is 8.03. The molecule has 8 heteroatoms. The highest BCUT2D eigenvalue weighted by molar-refractivity contribution is 7.89. The summed E-state index contributed by atoms with van der Waals surface area (Å²) in [5, 5.41) is 0. The molecular weight excluding hydrogens is 365 g/mol. The molecule has 26 heavy (non-hydrogen) atoms. The van der Waals surface area contributed by atoms with Crippen LogP contribution >= 0.6 is 0 Å². The minimum atomic E-state index is -4.60. The Bertz CT molecular complexity index is 847. The Hall–Kier alpha value is -1.90. The molecule has 0 unspecified atom stereocenters. The molecule has 1 N–H and O–H groups in total. The molecule has 2 aromatic rings. The highest BCUT2D eigenvalue weighted by Gasteiger charge is 2.31. The van der Waals surface area contributed by atoms with Gasteiger partial charge in [-0.25, -0.2) is 13.1 Å². The second kappa shape index (κ2) is 7.77. The van der Waals surface area contributed by atoms with Gasteiger partial charge in [0.1, 0.15) is 0 Å². The summed E-state index contributed by atoms with van der Waals surface area (Å²) in [5.41, 5.74) is 0.992. The highest BCUT2D eigenvalue weighted by atomic mass is 32.2. The number of hydrogen-bond acceptors (Lipinski definition) is 3. The van der Waals surface area contributed by atoms with E-state index < -0.39 is 26.7 Å². The average Bonchev–Trinajstić information content (AvgIpc) is 2.55. The number of halogens is 3. The molecule has 142 valence electrons. The zero-order valence-electron chi connectivity index (χ0n) is 14.7. The molecule has 2 rings (SSSR count). The molecule has 0 aliphatic rings. The van der Waals surface area contributed by atoms with Crippen molar-refractivity contribution in [2.45, 2.75) is 24.0 Å². The Morgan fingerprint density at radius 1 is 1.08 bits per heavy atom. The maximum Gasteiger partial charge on any atom is 0.416 e. The molecule has 0 saturated heterocycles. The van der Waals surface area contributed by atoms with E-state index >= 15 is 0 Å². The number of benzene rings is 2. The lowest BCUT2D eigenvalue weighted by Crippen LogP contribution is -2.34. The number of rotatable bonds is 6. The van der Waals surface area contributed by atoms with Crippen molar-refractivity contribution in [3.05, 3.63) is 65.2 Å². The topological polar surface area (TPSA) is 49.4 Å². The molecule has 0 radical (unpaired) electrons. The first-order chi connectivity index (χ1) is 12.0. The average molecular weight is 386 g/mol. The van der Waals surface area contributed by atoms with E-state index in [-0.39, 0.29) is 12.6 Å². The van der Waals surface area contributed by atoms with E-state index in [9.17, 15) is 21.6 Å². The molecule has 0 saturated carbocycles. The fraction of sp³-hybridized carbons (Fsp3) is 0.333. The van der Waals surface area contributed by atoms with Crippen LogP contribution in [0.4, 0.5) is 13.2 Å². The molecule has 1 atom stereocenters. The predicted octanol–water partition coefficient (Wildman–Crippen LogP) is 3.60. The lowest BCUT2D eigenvalue weighted by Gasteiger charge is -2.25. The number of nitrogens with zero attached hydrogens (tertiary/aromatic N) is 1. The summed E-state index contributed by atoms with van der Waals surface area (Å²) in [5.74, 6) is 0. The van der Waals surface area contributed by atoms with Gasteiger partial charge in [0, 0.05) is 12.6 Å². The minimum absolute atomic E-state index is 0.0363. The van der Waals surface area contributed by atoms with E-state index in [2.05, 4.69) is 4.72 Å². The van der Waals surface area contributed by atoms with Crippen molar-refractivity contribution in [2.75, 3.05) is 20.6 Å². The van der Waals surface area contributed by atoms with Gasteiger partial charge in [-0.1, -0.05) is 35.9 Å². The van der Waals surface area contributed by atoms with Crippen LogP contribution in [0.25, 0.3) is 0 Å². The van der Waals surface area contributed by atoms with Gasteiger partial charge in [-0.3, -0.25) is 0 Å². The monoisotopic (exact) mass is 386 g/mol. The lowest BCUT2D eigenvalue weighted by atomic mass is 10.0. The number of aryl methyl sites for hydroxylation is 1. The third-order valence-corrected chi connectivity index (χ3v) is 5.45. The van der Waals surface area contributed by atoms with Gasteiger partial charge in [-0.2, -0.15) is 13.2 Å². The number of likely N-dealkylation sites (N-methyl/N-ethyl adjacent to an activating group) is 1. The van der Waals surface area contributed by atoms with E-state index in [1.54, 1.807) is 0 Å². The Morgan fingerprint density at radius 2 is 1.69 bits per heavy atom. The first kappa shape index (κ1) is 20.4. The van der Waals surface area contributed by atoms with E-state index in [1.807, 2.05) is 50.2 Å². The van der Waals surface area contributed by atoms with Crippen molar-refractivity contribution >= 4 is 10.0 Å². The maximum atomic E-state index is 12.8. The normalized spacial score (nSPS) is 13.8. The molecule has 0 aromatic heterocycles. The summed E-state index contributed by atoms with van der Waals surface area (Å²) in [6.07, 6.45) is -4.60. The molecule has 4 nitrogen and oxygen atoms in total. The van der Waals surface area contributed by atoms with Crippen LogP contribution in [0.1, 0.15) is 22.7 Å². The Kier molecular flexibility index (Phi) is 6.10. The molecule has 0 aliphatic heterocycles. The van der Waals surface area contributed by atoms with Crippen LogP contribution in [0.15, 0.2) is 53.4 Å². The van der Waals surface area contributed by atoms with Crippen molar-refractivity contribution in [1.29, 1.82) is 0 Å². The van der Waals surface area contributed by atoms with Crippen molar-refractivity contribution in [3.63, 3.8) is 0 Å². The summed E-state index contributed by atoms with van der Waals surface area (Å²) >= 11 is 0. The predicted molar refractivity (Wildman–Crippen MR) is 94.2 cm³/mol. The molecule has 0 amide bonds. The Morgan fingerprint density at radius 3 is 2.23 bits per heavy atom. The molecule has 0 aliphatic carbocycles. The van der Waals surface area contributed by atoms with Crippen molar-refractivity contribution in [1.82, 2.24) is 9.62 Å². The third kappa shape index (κ3) is 5.06. The van der Waals surface area contributed by atoms with Gasteiger partial charge in [0.2, 0.25) is 10.0 Å². The van der Waals surface area contributed by atoms with Gasteiger partial charge in [0.05, 0.1) is 10.5 Å². The Labute approximate surface area is 151 Å². The van der Waals surface area contributed by atoms with Crippen LogP contribution in [0.3, 0.4) is 0 Å². The summed E-state index contributed by atoms with van der Waals surface area (Å²) in [7, 11) is -0.447. The first-order valence-electron chi connectivity index (χ1n) is 7.90. The lowest BCUT2D eigenvalue weighted by molar-refractivity contribution is -0.137. The van der Waals surface area contributed by atoms with Crippen LogP contribution in [0, 0.1) is 6.92 Å². The van der Waals surface area contributed by atoms with Gasteiger partial charge in [-0.15, -0.1) is 0 Å². The largest absolute Gasteiger partial charge is 0.416 e. The number of alkyl halides is 3. The van der Waals surface area contributed by atoms with Crippen LogP contribution in [-0.2, 0) is 16.2 Å². The standard InChI is InChI=1S/C18H21F3N2O2S/c1-13-7-9-14(10-8-13)17(23(2)3)12-22-26(24,25)16-6-4-5-15(11-16)18(19,20)21/h4-11,17,22H,12H2,1-3H3/t17-/m1/s1. The van der Waals surface area contributed by atoms with Gasteiger partial charge >= 0.3 is 6.18 Å². The quantitative estimate of drug-likeness (QED) is 0.825. The molecule has 0 spiro atoms. The van der Waals surface area contributed by atoms with Gasteiger partial charge in [0.25, 0.3) is 0 Å². The van der Waals surface area contributed by atoms with Crippen LogP contribution in [-0.4, -0.2) is 34.0 Å². The minimum Gasteiger partial charge on any atom is -0.301 e. The van der Waals surface area contributed by atoms with Crippen molar-refractivity contribution in [2.24, 2.45) is 0 Å². The van der Waals surface area contributed by atoms with E-state index in [1.165, 1.54) is 0 Å². The van der Waals surface area contributed by atoms with Crippen molar-refractivity contribution in [3.8, 4) is 0 Å². The molecule has 0 fully saturated rings. The van der Waals surface area contributed by atoms with Gasteiger partial charge in [0.15, 0.2) is 0 Å². The number of nitrogens with one attached hydrogen (secondary N) is 1. The number of sulfonamides is 1. The first-order valence-corrected chi connectivity index (χ1v) is 9.39. The van der Waals surface area contributed by atoms with Crippen LogP contribution in [0.2, 0.25) is 0 Å². The van der Waals surface area contributed by atoms with E-state index in [4.69, 9.17) is 0 Å². The smallest absolute Gasteiger partial charge is 0.301 e. The summed E-state index contributed by atoms with van der Waals surface area (Å²) in [6.45, 7) is 1.99. The third-order valence-electron chi connectivity index (χ3n) is 4.02. The fourth-order valence-corrected chi connectivity index (χ4v) is 3.58. The zero-order valence-corrected chi connectivity index (χ0v) is 15.5. The van der Waals surface area contributed by atoms with E-state index in [0.29, 0.717) is 6.07 Å². The maximum absolute atomic E-state index is 12.8. The van der Waals surface area contributed by atoms with Gasteiger partial charge < -0.3 is 4.90 Å². The Balaban J connectivity index is 2.21. The summed E-state index contributed by atoms with van der Waals surface area (Å²) in [6, 6.07) is 11.1. The SMILES string of the molecule is Cc1ccc([C@@H](CNS(=O)(=O)c2cccc(C(F)(F)F)c2)N(C)C)cc1. The summed E-state index contributed by atoms with van der Waals surface area (Å²) < 4.78 is 65.7. The second-order valence-electron chi connectivity index (χ2n) is 6.27. The highest BCUT2D eigenvalue weighted by Crippen LogP contribution is 2.30. The molecule has 0 bridgehead atoms. The van der Waals surface area contributed by atoms with E-state index in [0.717, 1.165) is 29.3 Å². The van der Waals surface area contributed by atoms with Gasteiger partial charge in [-0.05, 0) is 44.8 Å². The van der Waals surface area contributed by atoms with Crippen LogP contribution < -0.4 is 4.72 Å². The molecule has 2 aromatic carbocycles. The molecular formula is C18H21F3N2O2S. The zero-order chi connectivity index (χ0) is 19.5. The fourth-order valence-electron chi connectivity index (χ4n) is 2.50. The number of hydrogen-bond donors (Lipinski definition) is 1. The van der Waals surface area contributed by atoms with Crippen molar-refractivity contribution < 1.29 is 21.6 Å². The van der Waals surface area contributed by atoms with Crippen LogP contribution in [0.5, 0.6) is 0 Å². The summed E-state index contributed by atoms with van der Waals surface area (Å²) in [4.78, 5) is 1.44. The molecule has 0 heterocycles.